The van der Waals surface area contributed by atoms with Crippen LogP contribution in [0.5, 0.6) is 0 Å². The van der Waals surface area contributed by atoms with E-state index in [1.54, 1.807) is 13.8 Å². The van der Waals surface area contributed by atoms with Gasteiger partial charge in [-0.15, -0.1) is 0 Å². The second kappa shape index (κ2) is 24.7. The molecule has 7 atom stereocenters. The molecule has 1 fully saturated rings. The number of rotatable bonds is 25. The molecule has 0 radical (unpaired) electrons. The summed E-state index contributed by atoms with van der Waals surface area (Å²) in [6, 6.07) is -7.42. The van der Waals surface area contributed by atoms with E-state index in [-0.39, 0.29) is 38.3 Å². The number of hydrogen-bond acceptors (Lipinski definition) is 11. The first kappa shape index (κ1) is 47.5. The highest BCUT2D eigenvalue weighted by Crippen LogP contribution is 2.21. The van der Waals surface area contributed by atoms with Crippen LogP contribution >= 0.6 is 0 Å². The Balaban J connectivity index is 3.30. The van der Waals surface area contributed by atoms with E-state index in [1.807, 2.05) is 0 Å². The Morgan fingerprint density at radius 1 is 0.741 bits per heavy atom. The lowest BCUT2D eigenvalue weighted by Gasteiger charge is -2.31. The van der Waals surface area contributed by atoms with Crippen LogP contribution in [0.15, 0.2) is 0 Å². The Hall–Kier alpha value is -4.56. The van der Waals surface area contributed by atoms with Crippen molar-refractivity contribution in [1.82, 2.24) is 36.8 Å². The number of carboxylic acids is 1. The van der Waals surface area contributed by atoms with E-state index in [2.05, 4.69) is 31.9 Å². The average molecular weight is 769 g/mol. The van der Waals surface area contributed by atoms with Gasteiger partial charge >= 0.3 is 5.97 Å². The van der Waals surface area contributed by atoms with Crippen molar-refractivity contribution < 1.29 is 38.7 Å². The third-order valence-electron chi connectivity index (χ3n) is 8.99. The molecule has 20 nitrogen and oxygen atoms in total. The maximum atomic E-state index is 13.9. The summed E-state index contributed by atoms with van der Waals surface area (Å²) in [5.41, 5.74) is 22.4. The molecule has 6 amide bonds. The number of amides is 6. The fourth-order valence-corrected chi connectivity index (χ4v) is 5.81. The van der Waals surface area contributed by atoms with Crippen LogP contribution in [-0.2, 0) is 33.6 Å². The van der Waals surface area contributed by atoms with Crippen molar-refractivity contribution in [2.24, 2.45) is 28.9 Å². The van der Waals surface area contributed by atoms with Gasteiger partial charge in [0.1, 0.15) is 36.3 Å². The Morgan fingerprint density at radius 3 is 1.81 bits per heavy atom. The lowest BCUT2D eigenvalue weighted by Crippen LogP contribution is -2.60. The van der Waals surface area contributed by atoms with Gasteiger partial charge in [0.05, 0.1) is 6.04 Å². The zero-order valence-corrected chi connectivity index (χ0v) is 32.1. The molecule has 54 heavy (non-hydrogen) atoms. The molecule has 1 aliphatic heterocycles. The highest BCUT2D eigenvalue weighted by molar-refractivity contribution is 5.97. The highest BCUT2D eigenvalue weighted by Gasteiger charge is 2.39. The van der Waals surface area contributed by atoms with E-state index >= 15 is 0 Å². The number of carbonyl (C=O) groups is 7. The number of hydrogen-bond donors (Lipinski definition) is 12. The van der Waals surface area contributed by atoms with Crippen molar-refractivity contribution in [2.45, 2.75) is 134 Å². The van der Waals surface area contributed by atoms with Gasteiger partial charge < -0.3 is 64.8 Å². The summed E-state index contributed by atoms with van der Waals surface area (Å²) in [5, 5.41) is 32.4. The standard InChI is InChI=1S/C34H64N12O8/c1-19(2)26(31(51)41-21(4)33(53)54)45-29(49)22(11-5-7-15-35)42-28(48)23(13-9-17-40-34(38)39)43-30(50)25-14-10-18-46(25)32(52)24(12-6-8-16-36)44-27(47)20(3)37/h19-26H,5-18,35-37H2,1-4H3,(H,41,51)(H,42,48)(H,43,50)(H,44,47)(H,45,49)(H,53,54)(H4,38,39,40)/t20-,21-,22-,23-,24-,25-,26-/m0/s1. The minimum Gasteiger partial charge on any atom is -0.480 e. The molecule has 16 N–H and O–H groups in total. The Morgan fingerprint density at radius 2 is 1.28 bits per heavy atom. The summed E-state index contributed by atoms with van der Waals surface area (Å²) in [6.45, 7) is 7.30. The van der Waals surface area contributed by atoms with Crippen molar-refractivity contribution in [3.8, 4) is 0 Å². The molecule has 0 spiro atoms. The van der Waals surface area contributed by atoms with Crippen LogP contribution in [-0.4, -0.2) is 126 Å². The molecule has 0 aromatic carbocycles. The summed E-state index contributed by atoms with van der Waals surface area (Å²) < 4.78 is 0. The van der Waals surface area contributed by atoms with E-state index in [0.717, 1.165) is 0 Å². The number of unbranched alkanes of at least 4 members (excludes halogenated alkanes) is 2. The van der Waals surface area contributed by atoms with Crippen LogP contribution in [0.3, 0.4) is 0 Å². The number of nitrogens with zero attached hydrogens (tertiary/aromatic N) is 1. The van der Waals surface area contributed by atoms with Crippen LogP contribution < -0.4 is 54.8 Å². The number of guanidine groups is 1. The molecular formula is C34H64N12O8. The molecule has 1 rings (SSSR count). The first-order valence-corrected chi connectivity index (χ1v) is 18.7. The quantitative estimate of drug-likeness (QED) is 0.0251. The van der Waals surface area contributed by atoms with E-state index in [0.29, 0.717) is 58.0 Å². The fraction of sp³-hybridized carbons (Fsp3) is 0.765. The number of nitrogens with one attached hydrogen (secondary N) is 7. The van der Waals surface area contributed by atoms with E-state index in [4.69, 9.17) is 28.3 Å². The van der Waals surface area contributed by atoms with Gasteiger partial charge in [0.25, 0.3) is 0 Å². The molecule has 1 heterocycles. The Kier molecular flexibility index (Phi) is 21.7. The number of nitrogens with two attached hydrogens (primary N) is 4. The summed E-state index contributed by atoms with van der Waals surface area (Å²) in [4.78, 5) is 93.2. The molecule has 1 saturated heterocycles. The zero-order valence-electron chi connectivity index (χ0n) is 32.1. The molecule has 0 unspecified atom stereocenters. The fourth-order valence-electron chi connectivity index (χ4n) is 5.81. The Bertz CT molecular complexity index is 1280. The van der Waals surface area contributed by atoms with E-state index in [9.17, 15) is 38.7 Å². The minimum absolute atomic E-state index is 0.0614. The average Bonchev–Trinajstić information content (AvgIpc) is 3.60. The third kappa shape index (κ3) is 16.6. The van der Waals surface area contributed by atoms with Gasteiger partial charge in [-0.3, -0.25) is 39.0 Å². The first-order chi connectivity index (χ1) is 25.4. The molecule has 308 valence electrons. The van der Waals surface area contributed by atoms with Crippen molar-refractivity contribution in [1.29, 1.82) is 5.41 Å². The van der Waals surface area contributed by atoms with Gasteiger partial charge in [0, 0.05) is 13.1 Å². The van der Waals surface area contributed by atoms with Crippen molar-refractivity contribution in [3.05, 3.63) is 0 Å². The van der Waals surface area contributed by atoms with Crippen molar-refractivity contribution in [2.75, 3.05) is 26.2 Å². The lowest BCUT2D eigenvalue weighted by atomic mass is 10.0. The predicted molar refractivity (Wildman–Crippen MR) is 201 cm³/mol. The summed E-state index contributed by atoms with van der Waals surface area (Å²) in [6.07, 6.45) is 3.72. The molecule has 20 heteroatoms. The third-order valence-corrected chi connectivity index (χ3v) is 8.99. The first-order valence-electron chi connectivity index (χ1n) is 18.7. The van der Waals surface area contributed by atoms with Crippen molar-refractivity contribution in [3.63, 3.8) is 0 Å². The summed E-state index contributed by atoms with van der Waals surface area (Å²) in [7, 11) is 0. The molecule has 0 bridgehead atoms. The van der Waals surface area contributed by atoms with E-state index in [1.165, 1.54) is 18.7 Å². The zero-order chi connectivity index (χ0) is 41.0. The minimum atomic E-state index is -1.25. The van der Waals surface area contributed by atoms with Crippen molar-refractivity contribution >= 4 is 47.4 Å². The number of carboxylic acid groups (broad SMARTS) is 1. The number of aliphatic carboxylic acids is 1. The van der Waals surface area contributed by atoms with Crippen LogP contribution in [0.25, 0.3) is 0 Å². The molecular weight excluding hydrogens is 704 g/mol. The molecule has 0 aromatic rings. The summed E-state index contributed by atoms with van der Waals surface area (Å²) in [5.74, 6) is -5.66. The van der Waals surface area contributed by atoms with Gasteiger partial charge in [0.15, 0.2) is 5.96 Å². The topological polar surface area (TPSA) is 343 Å². The molecule has 0 saturated carbocycles. The highest BCUT2D eigenvalue weighted by atomic mass is 16.4. The molecule has 0 aromatic heterocycles. The monoisotopic (exact) mass is 768 g/mol. The van der Waals surface area contributed by atoms with Gasteiger partial charge in [-0.25, -0.2) is 0 Å². The second-order valence-corrected chi connectivity index (χ2v) is 14.0. The van der Waals surface area contributed by atoms with E-state index < -0.39 is 89.6 Å². The number of carbonyl (C=O) groups excluding carboxylic acids is 6. The largest absolute Gasteiger partial charge is 0.480 e. The van der Waals surface area contributed by atoms with Gasteiger partial charge in [-0.2, -0.15) is 0 Å². The van der Waals surface area contributed by atoms with Crippen LogP contribution in [0.2, 0.25) is 0 Å². The maximum Gasteiger partial charge on any atom is 0.325 e. The Labute approximate surface area is 317 Å². The molecule has 0 aliphatic carbocycles. The van der Waals surface area contributed by atoms with Gasteiger partial charge in [-0.05, 0) is 97.1 Å². The number of likely N-dealkylation sites (tertiary alicyclic amines) is 1. The van der Waals surface area contributed by atoms with Crippen LogP contribution in [0.4, 0.5) is 0 Å². The SMILES string of the molecule is CC(C)[C@H](NC(=O)[C@H](CCCCN)NC(=O)[C@H](CCCNC(=N)N)NC(=O)[C@@H]1CCCN1C(=O)[C@H](CCCCN)NC(=O)[C@H](C)N)C(=O)N[C@@H](C)C(=O)O. The van der Waals surface area contributed by atoms with Crippen LogP contribution in [0.1, 0.15) is 91.9 Å². The van der Waals surface area contributed by atoms with Gasteiger partial charge in [-0.1, -0.05) is 13.8 Å². The lowest BCUT2D eigenvalue weighted by molar-refractivity contribution is -0.142. The second-order valence-electron chi connectivity index (χ2n) is 14.0. The maximum absolute atomic E-state index is 13.9. The predicted octanol–water partition coefficient (Wildman–Crippen LogP) is -2.97. The molecule has 1 aliphatic rings. The summed E-state index contributed by atoms with van der Waals surface area (Å²) >= 11 is 0. The van der Waals surface area contributed by atoms with Gasteiger partial charge in [0.2, 0.25) is 35.4 Å². The smallest absolute Gasteiger partial charge is 0.325 e. The normalized spacial score (nSPS) is 17.3. The van der Waals surface area contributed by atoms with Crippen LogP contribution in [0, 0.1) is 11.3 Å².